The number of phenols is 1. The van der Waals surface area contributed by atoms with Crippen molar-refractivity contribution in [1.82, 2.24) is 14.5 Å². The Kier molecular flexibility index (Phi) is 2.91. The molecule has 0 unspecified atom stereocenters. The summed E-state index contributed by atoms with van der Waals surface area (Å²) in [5, 5.41) is 10.2. The Morgan fingerprint density at radius 1 is 1.37 bits per heavy atom. The molecule has 0 fully saturated rings. The minimum Gasteiger partial charge on any atom is -0.507 e. The fraction of sp³-hybridized carbons (Fsp3) is 0.231. The minimum atomic E-state index is -0.228. The maximum Gasteiger partial charge on any atom is 0.258 e. The van der Waals surface area contributed by atoms with Gasteiger partial charge in [0.05, 0.1) is 12.1 Å². The Hall–Kier alpha value is -2.01. The van der Waals surface area contributed by atoms with Crippen LogP contribution in [0, 0.1) is 0 Å². The van der Waals surface area contributed by atoms with Crippen LogP contribution in [0.5, 0.6) is 5.75 Å². The average Bonchev–Trinajstić information content (AvgIpc) is 2.88. The van der Waals surface area contributed by atoms with Crippen LogP contribution in [-0.4, -0.2) is 32.0 Å². The van der Waals surface area contributed by atoms with Crippen molar-refractivity contribution in [1.29, 1.82) is 0 Å². The second-order valence-electron chi connectivity index (χ2n) is 4.43. The summed E-state index contributed by atoms with van der Waals surface area (Å²) >= 11 is 5.87. The van der Waals surface area contributed by atoms with Crippen molar-refractivity contribution in [3.63, 3.8) is 0 Å². The van der Waals surface area contributed by atoms with Crippen molar-refractivity contribution in [2.75, 3.05) is 6.54 Å². The van der Waals surface area contributed by atoms with Crippen LogP contribution >= 0.6 is 11.6 Å². The van der Waals surface area contributed by atoms with Gasteiger partial charge in [0, 0.05) is 30.5 Å². The van der Waals surface area contributed by atoms with Crippen molar-refractivity contribution in [3.05, 3.63) is 47.0 Å². The molecule has 1 N–H and O–H groups in total. The lowest BCUT2D eigenvalue weighted by Gasteiger charge is -2.28. The highest BCUT2D eigenvalue weighted by molar-refractivity contribution is 6.31. The Morgan fingerprint density at radius 3 is 3.05 bits per heavy atom. The third kappa shape index (κ3) is 2.17. The van der Waals surface area contributed by atoms with E-state index in [-0.39, 0.29) is 17.2 Å². The molecule has 1 amide bonds. The highest BCUT2D eigenvalue weighted by atomic mass is 35.5. The predicted octanol–water partition coefficient (Wildman–Crippen LogP) is 1.90. The second kappa shape index (κ2) is 4.59. The normalized spacial score (nSPS) is 14.3. The molecule has 0 aliphatic carbocycles. The van der Waals surface area contributed by atoms with Gasteiger partial charge in [-0.15, -0.1) is 0 Å². The van der Waals surface area contributed by atoms with E-state index in [1.807, 2.05) is 10.8 Å². The predicted molar refractivity (Wildman–Crippen MR) is 70.1 cm³/mol. The van der Waals surface area contributed by atoms with Crippen molar-refractivity contribution in [3.8, 4) is 5.75 Å². The van der Waals surface area contributed by atoms with Crippen LogP contribution < -0.4 is 0 Å². The number of hydrogen-bond donors (Lipinski definition) is 1. The molecule has 0 saturated carbocycles. The van der Waals surface area contributed by atoms with E-state index >= 15 is 0 Å². The third-order valence-electron chi connectivity index (χ3n) is 3.22. The van der Waals surface area contributed by atoms with Crippen LogP contribution in [0.4, 0.5) is 0 Å². The standard InChI is InChI=1S/C13H12ClN3O2/c14-9-1-2-11(18)10(7-9)13(19)17-6-5-16-4-3-15-12(16)8-17/h1-4,7,18H,5-6,8H2. The Labute approximate surface area is 115 Å². The maximum absolute atomic E-state index is 12.4. The second-order valence-corrected chi connectivity index (χ2v) is 4.86. The number of amides is 1. The number of nitrogens with zero attached hydrogens (tertiary/aromatic N) is 3. The smallest absolute Gasteiger partial charge is 0.258 e. The molecular weight excluding hydrogens is 266 g/mol. The number of aromatic nitrogens is 2. The molecule has 1 aliphatic rings. The summed E-state index contributed by atoms with van der Waals surface area (Å²) in [5.41, 5.74) is 0.229. The number of carbonyl (C=O) groups is 1. The van der Waals surface area contributed by atoms with E-state index in [0.717, 1.165) is 5.82 Å². The van der Waals surface area contributed by atoms with E-state index < -0.39 is 0 Å². The maximum atomic E-state index is 12.4. The zero-order valence-electron chi connectivity index (χ0n) is 10.1. The number of aromatic hydroxyl groups is 1. The molecule has 0 bridgehead atoms. The zero-order valence-corrected chi connectivity index (χ0v) is 10.8. The summed E-state index contributed by atoms with van der Waals surface area (Å²) in [6.45, 7) is 1.74. The molecule has 19 heavy (non-hydrogen) atoms. The van der Waals surface area contributed by atoms with E-state index in [2.05, 4.69) is 4.98 Å². The summed E-state index contributed by atoms with van der Waals surface area (Å²) in [6.07, 6.45) is 3.62. The number of carbonyl (C=O) groups excluding carboxylic acids is 1. The molecule has 1 aromatic carbocycles. The number of halogens is 1. The van der Waals surface area contributed by atoms with Gasteiger partial charge in [-0.1, -0.05) is 11.6 Å². The fourth-order valence-electron chi connectivity index (χ4n) is 2.20. The van der Waals surface area contributed by atoms with Gasteiger partial charge in [-0.25, -0.2) is 4.98 Å². The first-order chi connectivity index (χ1) is 9.15. The molecule has 2 heterocycles. The summed E-state index contributed by atoms with van der Waals surface area (Å²) in [7, 11) is 0. The number of rotatable bonds is 1. The molecule has 0 spiro atoms. The van der Waals surface area contributed by atoms with Gasteiger partial charge >= 0.3 is 0 Å². The lowest BCUT2D eigenvalue weighted by atomic mass is 10.1. The molecule has 3 rings (SSSR count). The molecule has 1 aliphatic heterocycles. The quantitative estimate of drug-likeness (QED) is 0.866. The lowest BCUT2D eigenvalue weighted by molar-refractivity contribution is 0.0704. The minimum absolute atomic E-state index is 0.0525. The van der Waals surface area contributed by atoms with E-state index in [9.17, 15) is 9.90 Å². The van der Waals surface area contributed by atoms with Crippen LogP contribution in [0.1, 0.15) is 16.2 Å². The molecule has 0 saturated heterocycles. The van der Waals surface area contributed by atoms with E-state index in [1.54, 1.807) is 17.2 Å². The van der Waals surface area contributed by atoms with Gasteiger partial charge in [0.1, 0.15) is 11.6 Å². The SMILES string of the molecule is O=C(c1cc(Cl)ccc1O)N1CCn2ccnc2C1. The summed E-state index contributed by atoms with van der Waals surface area (Å²) in [6, 6.07) is 4.47. The number of benzene rings is 1. The summed E-state index contributed by atoms with van der Waals surface area (Å²) < 4.78 is 2.02. The molecule has 2 aromatic rings. The first kappa shape index (κ1) is 12.0. The molecule has 5 nitrogen and oxygen atoms in total. The van der Waals surface area contributed by atoms with Gasteiger partial charge in [0.2, 0.25) is 0 Å². The van der Waals surface area contributed by atoms with Crippen LogP contribution in [0.15, 0.2) is 30.6 Å². The van der Waals surface area contributed by atoms with Gasteiger partial charge in [-0.3, -0.25) is 4.79 Å². The lowest BCUT2D eigenvalue weighted by Crippen LogP contribution is -2.38. The van der Waals surface area contributed by atoms with Crippen molar-refractivity contribution >= 4 is 17.5 Å². The first-order valence-corrected chi connectivity index (χ1v) is 6.31. The van der Waals surface area contributed by atoms with Gasteiger partial charge < -0.3 is 14.6 Å². The number of fused-ring (bicyclic) bond motifs is 1. The highest BCUT2D eigenvalue weighted by Gasteiger charge is 2.24. The molecule has 0 radical (unpaired) electrons. The number of imidazole rings is 1. The van der Waals surface area contributed by atoms with Crippen LogP contribution in [0.2, 0.25) is 5.02 Å². The summed E-state index contributed by atoms with van der Waals surface area (Å²) in [4.78, 5) is 18.2. The van der Waals surface area contributed by atoms with E-state index in [0.29, 0.717) is 24.7 Å². The van der Waals surface area contributed by atoms with Crippen LogP contribution in [0.3, 0.4) is 0 Å². The molecule has 6 heteroatoms. The van der Waals surface area contributed by atoms with E-state index in [1.165, 1.54) is 12.1 Å². The molecule has 1 aromatic heterocycles. The van der Waals surface area contributed by atoms with Crippen molar-refractivity contribution < 1.29 is 9.90 Å². The Morgan fingerprint density at radius 2 is 2.21 bits per heavy atom. The number of hydrogen-bond acceptors (Lipinski definition) is 3. The highest BCUT2D eigenvalue weighted by Crippen LogP contribution is 2.24. The van der Waals surface area contributed by atoms with Crippen molar-refractivity contribution in [2.45, 2.75) is 13.1 Å². The zero-order chi connectivity index (χ0) is 13.4. The first-order valence-electron chi connectivity index (χ1n) is 5.93. The topological polar surface area (TPSA) is 58.4 Å². The third-order valence-corrected chi connectivity index (χ3v) is 3.46. The van der Waals surface area contributed by atoms with Crippen LogP contribution in [-0.2, 0) is 13.1 Å². The van der Waals surface area contributed by atoms with E-state index in [4.69, 9.17) is 11.6 Å². The largest absolute Gasteiger partial charge is 0.507 e. The average molecular weight is 278 g/mol. The van der Waals surface area contributed by atoms with Crippen molar-refractivity contribution in [2.24, 2.45) is 0 Å². The Bertz CT molecular complexity index is 639. The van der Waals surface area contributed by atoms with Gasteiger partial charge in [0.25, 0.3) is 5.91 Å². The Balaban J connectivity index is 1.87. The molecule has 98 valence electrons. The van der Waals surface area contributed by atoms with Gasteiger partial charge in [0.15, 0.2) is 0 Å². The summed E-state index contributed by atoms with van der Waals surface area (Å²) in [5.74, 6) is 0.568. The van der Waals surface area contributed by atoms with Gasteiger partial charge in [-0.05, 0) is 18.2 Å². The fourth-order valence-corrected chi connectivity index (χ4v) is 2.37. The molecular formula is C13H12ClN3O2. The molecule has 0 atom stereocenters. The number of phenolic OH excluding ortho intramolecular Hbond substituents is 1. The monoisotopic (exact) mass is 277 g/mol. The van der Waals surface area contributed by atoms with Gasteiger partial charge in [-0.2, -0.15) is 0 Å². The van der Waals surface area contributed by atoms with Crippen LogP contribution in [0.25, 0.3) is 0 Å².